The minimum atomic E-state index is 0.827. The lowest BCUT2D eigenvalue weighted by Crippen LogP contribution is -1.89. The fraction of sp³-hybridized carbons (Fsp3) is 0. The highest BCUT2D eigenvalue weighted by molar-refractivity contribution is 14.1. The van der Waals surface area contributed by atoms with Crippen LogP contribution >= 0.6 is 50.3 Å². The van der Waals surface area contributed by atoms with Gasteiger partial charge in [-0.25, -0.2) is 0 Å². The van der Waals surface area contributed by atoms with Crippen molar-refractivity contribution < 1.29 is 0 Å². The Labute approximate surface area is 121 Å². The van der Waals surface area contributed by atoms with E-state index in [0.29, 0.717) is 0 Å². The molecule has 4 heteroatoms. The molecule has 2 aromatic rings. The highest BCUT2D eigenvalue weighted by Gasteiger charge is 2.04. The van der Waals surface area contributed by atoms with E-state index in [9.17, 15) is 0 Å². The molecule has 2 aromatic carbocycles. The molecule has 0 aromatic heterocycles. The van der Waals surface area contributed by atoms with E-state index < -0.39 is 0 Å². The second-order valence-electron chi connectivity index (χ2n) is 3.21. The quantitative estimate of drug-likeness (QED) is 0.574. The van der Waals surface area contributed by atoms with Crippen molar-refractivity contribution in [1.29, 1.82) is 0 Å². The van der Waals surface area contributed by atoms with E-state index in [0.717, 1.165) is 18.6 Å². The third-order valence-electron chi connectivity index (χ3n) is 2.03. The summed E-state index contributed by atoms with van der Waals surface area (Å²) in [6.45, 7) is 0. The molecule has 2 rings (SSSR count). The van der Waals surface area contributed by atoms with Crippen LogP contribution in [0.25, 0.3) is 0 Å². The van der Waals surface area contributed by atoms with Gasteiger partial charge in [0.25, 0.3) is 0 Å². The maximum atomic E-state index is 5.98. The van der Waals surface area contributed by atoms with E-state index in [1.807, 2.05) is 24.3 Å². The first-order valence-corrected chi connectivity index (χ1v) is 7.33. The molecule has 1 nitrogen and oxygen atoms in total. The van der Waals surface area contributed by atoms with Crippen LogP contribution in [0.2, 0.25) is 0 Å². The summed E-state index contributed by atoms with van der Waals surface area (Å²) in [4.78, 5) is 2.27. The fourth-order valence-electron chi connectivity index (χ4n) is 1.26. The van der Waals surface area contributed by atoms with E-state index in [2.05, 4.69) is 56.7 Å². The zero-order valence-electron chi connectivity index (χ0n) is 8.28. The molecule has 0 atom stereocenters. The van der Waals surface area contributed by atoms with Crippen LogP contribution in [0.5, 0.6) is 0 Å². The summed E-state index contributed by atoms with van der Waals surface area (Å²) in [6.07, 6.45) is 0. The molecule has 0 heterocycles. The van der Waals surface area contributed by atoms with Crippen LogP contribution in [0, 0.1) is 3.57 Å². The van der Waals surface area contributed by atoms with Crippen LogP contribution in [0.15, 0.2) is 56.7 Å². The summed E-state index contributed by atoms with van der Waals surface area (Å²) in [5.74, 6) is 0. The van der Waals surface area contributed by atoms with Crippen molar-refractivity contribution in [1.82, 2.24) is 0 Å². The first-order chi connectivity index (χ1) is 7.66. The molecular weight excluding hydrogens is 397 g/mol. The zero-order valence-corrected chi connectivity index (χ0v) is 12.8. The molecule has 0 aliphatic heterocycles. The van der Waals surface area contributed by atoms with Crippen molar-refractivity contribution in [3.8, 4) is 0 Å². The van der Waals surface area contributed by atoms with Crippen molar-refractivity contribution in [3.05, 3.63) is 50.5 Å². The van der Waals surface area contributed by atoms with Gasteiger partial charge in [0.05, 0.1) is 0 Å². The van der Waals surface area contributed by atoms with Crippen LogP contribution in [0.4, 0.5) is 5.69 Å². The summed E-state index contributed by atoms with van der Waals surface area (Å²) >= 11 is 7.47. The number of nitrogens with two attached hydrogens (primary N) is 1. The number of hydrogen-bond donors (Lipinski definition) is 1. The van der Waals surface area contributed by atoms with Gasteiger partial charge in [-0.05, 0) is 68.9 Å². The van der Waals surface area contributed by atoms with E-state index in [-0.39, 0.29) is 0 Å². The Morgan fingerprint density at radius 3 is 2.50 bits per heavy atom. The van der Waals surface area contributed by atoms with E-state index >= 15 is 0 Å². The second-order valence-corrected chi connectivity index (χ2v) is 6.40. The third kappa shape index (κ3) is 2.93. The Morgan fingerprint density at radius 2 is 1.81 bits per heavy atom. The molecule has 82 valence electrons. The third-order valence-corrected chi connectivity index (χ3v) is 4.82. The summed E-state index contributed by atoms with van der Waals surface area (Å²) in [5.41, 5.74) is 6.80. The summed E-state index contributed by atoms with van der Waals surface area (Å²) in [5, 5.41) is 0. The minimum absolute atomic E-state index is 0.827. The Bertz CT molecular complexity index is 516. The maximum Gasteiger partial charge on any atom is 0.0466 e. The van der Waals surface area contributed by atoms with Crippen molar-refractivity contribution in [2.45, 2.75) is 9.79 Å². The van der Waals surface area contributed by atoms with Gasteiger partial charge in [0.15, 0.2) is 0 Å². The molecule has 0 fully saturated rings. The first kappa shape index (κ1) is 12.3. The molecule has 0 aliphatic carbocycles. The summed E-state index contributed by atoms with van der Waals surface area (Å²) in [7, 11) is 0. The van der Waals surface area contributed by atoms with Gasteiger partial charge in [-0.3, -0.25) is 0 Å². The molecule has 0 unspecified atom stereocenters. The van der Waals surface area contributed by atoms with Gasteiger partial charge in [0.2, 0.25) is 0 Å². The number of anilines is 1. The lowest BCUT2D eigenvalue weighted by atomic mass is 10.3. The molecular formula is C12H9BrINS. The van der Waals surface area contributed by atoms with Crippen LogP contribution in [0.3, 0.4) is 0 Å². The van der Waals surface area contributed by atoms with E-state index in [1.54, 1.807) is 11.8 Å². The van der Waals surface area contributed by atoms with Crippen molar-refractivity contribution >= 4 is 56.0 Å². The molecule has 0 bridgehead atoms. The van der Waals surface area contributed by atoms with Crippen LogP contribution in [-0.2, 0) is 0 Å². The number of halogens is 2. The topological polar surface area (TPSA) is 26.0 Å². The minimum Gasteiger partial charge on any atom is -0.398 e. The predicted octanol–water partition coefficient (Wildman–Crippen LogP) is 4.79. The monoisotopic (exact) mass is 405 g/mol. The average Bonchev–Trinajstić information content (AvgIpc) is 2.25. The molecule has 0 amide bonds. The Balaban J connectivity index is 2.31. The predicted molar refractivity (Wildman–Crippen MR) is 81.8 cm³/mol. The molecule has 0 saturated heterocycles. The van der Waals surface area contributed by atoms with Gasteiger partial charge in [0.1, 0.15) is 0 Å². The molecule has 2 N–H and O–H groups in total. The molecule has 0 radical (unpaired) electrons. The van der Waals surface area contributed by atoms with Crippen LogP contribution in [0.1, 0.15) is 0 Å². The zero-order chi connectivity index (χ0) is 11.5. The average molecular weight is 406 g/mol. The molecule has 0 aliphatic rings. The Kier molecular flexibility index (Phi) is 4.16. The number of benzene rings is 2. The Morgan fingerprint density at radius 1 is 1.06 bits per heavy atom. The second kappa shape index (κ2) is 5.42. The van der Waals surface area contributed by atoms with Crippen molar-refractivity contribution in [3.63, 3.8) is 0 Å². The normalized spacial score (nSPS) is 10.4. The van der Waals surface area contributed by atoms with Crippen LogP contribution < -0.4 is 5.73 Å². The van der Waals surface area contributed by atoms with Gasteiger partial charge >= 0.3 is 0 Å². The maximum absolute atomic E-state index is 5.98. The smallest absolute Gasteiger partial charge is 0.0466 e. The van der Waals surface area contributed by atoms with E-state index in [1.165, 1.54) is 4.90 Å². The van der Waals surface area contributed by atoms with Gasteiger partial charge < -0.3 is 5.73 Å². The SMILES string of the molecule is Nc1cc(I)ccc1Sc1ccccc1Br. The number of rotatable bonds is 2. The first-order valence-electron chi connectivity index (χ1n) is 4.64. The largest absolute Gasteiger partial charge is 0.398 e. The van der Waals surface area contributed by atoms with Gasteiger partial charge in [-0.1, -0.05) is 23.9 Å². The van der Waals surface area contributed by atoms with Gasteiger partial charge in [-0.15, -0.1) is 0 Å². The number of hydrogen-bond acceptors (Lipinski definition) is 2. The summed E-state index contributed by atoms with van der Waals surface area (Å²) < 4.78 is 2.25. The lowest BCUT2D eigenvalue weighted by molar-refractivity contribution is 1.37. The van der Waals surface area contributed by atoms with Gasteiger partial charge in [-0.2, -0.15) is 0 Å². The van der Waals surface area contributed by atoms with Gasteiger partial charge in [0, 0.05) is 23.5 Å². The van der Waals surface area contributed by atoms with E-state index in [4.69, 9.17) is 5.73 Å². The molecule has 0 saturated carbocycles. The van der Waals surface area contributed by atoms with Crippen molar-refractivity contribution in [2.75, 3.05) is 5.73 Å². The Hall–Kier alpha value is -0.200. The highest BCUT2D eigenvalue weighted by atomic mass is 127. The number of nitrogen functional groups attached to an aromatic ring is 1. The fourth-order valence-corrected chi connectivity index (χ4v) is 3.16. The summed E-state index contributed by atoms with van der Waals surface area (Å²) in [6, 6.07) is 14.2. The van der Waals surface area contributed by atoms with Crippen molar-refractivity contribution in [2.24, 2.45) is 0 Å². The lowest BCUT2D eigenvalue weighted by Gasteiger charge is -2.07. The molecule has 0 spiro atoms. The highest BCUT2D eigenvalue weighted by Crippen LogP contribution is 2.36. The molecule has 16 heavy (non-hydrogen) atoms. The standard InChI is InChI=1S/C12H9BrINS/c13-9-3-1-2-4-11(9)16-12-6-5-8(14)7-10(12)15/h1-7H,15H2. The van der Waals surface area contributed by atoms with Crippen LogP contribution in [-0.4, -0.2) is 0 Å².